The lowest BCUT2D eigenvalue weighted by Crippen LogP contribution is -2.49. The lowest BCUT2D eigenvalue weighted by molar-refractivity contribution is 0.0292. The maximum Gasteiger partial charge on any atom is 0.208 e. The molecule has 0 aliphatic heterocycles. The fraction of sp³-hybridized carbons (Fsp3) is 0.500. The molecule has 98 valence electrons. The third-order valence-corrected chi connectivity index (χ3v) is 4.66. The average molecular weight is 287 g/mol. The maximum absolute atomic E-state index is 12.3. The number of halogens is 2. The summed E-state index contributed by atoms with van der Waals surface area (Å²) < 4.78 is -1.77. The van der Waals surface area contributed by atoms with E-state index in [2.05, 4.69) is 0 Å². The summed E-state index contributed by atoms with van der Waals surface area (Å²) in [6.07, 6.45) is 2.63. The summed E-state index contributed by atoms with van der Waals surface area (Å²) in [6.45, 7) is 1.94. The Balaban J connectivity index is 2.29. The van der Waals surface area contributed by atoms with Crippen LogP contribution >= 0.6 is 23.2 Å². The van der Waals surface area contributed by atoms with Crippen LogP contribution in [-0.4, -0.2) is 20.8 Å². The van der Waals surface area contributed by atoms with Crippen molar-refractivity contribution in [3.05, 3.63) is 35.4 Å². The summed E-state index contributed by atoms with van der Waals surface area (Å²) in [5, 5.41) is 10.4. The fourth-order valence-electron chi connectivity index (χ4n) is 2.37. The molecule has 1 saturated carbocycles. The zero-order chi connectivity index (χ0) is 13.4. The minimum atomic E-state index is -1.77. The number of hydrogen-bond donors (Lipinski definition) is 1. The first-order valence-corrected chi connectivity index (χ1v) is 6.84. The van der Waals surface area contributed by atoms with Gasteiger partial charge in [0.2, 0.25) is 10.1 Å². The topological polar surface area (TPSA) is 37.3 Å². The minimum Gasteiger partial charge on any atom is -0.386 e. The highest BCUT2D eigenvalue weighted by Gasteiger charge is 2.54. The summed E-state index contributed by atoms with van der Waals surface area (Å²) in [7, 11) is 0. The van der Waals surface area contributed by atoms with E-state index >= 15 is 0 Å². The second-order valence-corrected chi connectivity index (χ2v) is 6.34. The van der Waals surface area contributed by atoms with Crippen molar-refractivity contribution in [1.82, 2.24) is 0 Å². The quantitative estimate of drug-likeness (QED) is 0.680. The smallest absolute Gasteiger partial charge is 0.208 e. The van der Waals surface area contributed by atoms with Gasteiger partial charge in [0.1, 0.15) is 5.60 Å². The van der Waals surface area contributed by atoms with Crippen LogP contribution in [0.5, 0.6) is 0 Å². The van der Waals surface area contributed by atoms with Crippen LogP contribution in [0.3, 0.4) is 0 Å². The van der Waals surface area contributed by atoms with E-state index < -0.39 is 15.7 Å². The van der Waals surface area contributed by atoms with Gasteiger partial charge in [0.15, 0.2) is 0 Å². The number of carbonyl (C=O) groups is 1. The molecule has 0 unspecified atom stereocenters. The summed E-state index contributed by atoms with van der Waals surface area (Å²) in [6, 6.07) is 7.04. The van der Waals surface area contributed by atoms with Crippen LogP contribution in [0.4, 0.5) is 0 Å². The highest BCUT2D eigenvalue weighted by molar-refractivity contribution is 6.60. The van der Waals surface area contributed by atoms with E-state index in [0.717, 1.165) is 18.4 Å². The molecule has 0 saturated heterocycles. The molecular formula is C14H16Cl2O2. The van der Waals surface area contributed by atoms with Gasteiger partial charge in [-0.15, -0.1) is 0 Å². The lowest BCUT2D eigenvalue weighted by Gasteiger charge is -2.34. The first-order chi connectivity index (χ1) is 8.37. The molecule has 0 bridgehead atoms. The van der Waals surface area contributed by atoms with Gasteiger partial charge in [0.05, 0.1) is 0 Å². The summed E-state index contributed by atoms with van der Waals surface area (Å²) in [5.74, 6) is -0.421. The Hall–Kier alpha value is -0.570. The van der Waals surface area contributed by atoms with Gasteiger partial charge in [0.25, 0.3) is 0 Å². The molecule has 0 heterocycles. The van der Waals surface area contributed by atoms with Gasteiger partial charge >= 0.3 is 0 Å². The average Bonchev–Trinajstić information content (AvgIpc) is 2.78. The monoisotopic (exact) mass is 286 g/mol. The van der Waals surface area contributed by atoms with E-state index in [1.54, 1.807) is 12.1 Å². The standard InChI is InChI=1S/C14H16Cl2O2/c1-10-4-6-11(7-5-10)12(17)14(15,16)13(18)8-2-3-9-13/h4-7,18H,2-3,8-9H2,1H3. The molecule has 1 aromatic rings. The predicted molar refractivity (Wildman–Crippen MR) is 73.4 cm³/mol. The number of rotatable bonds is 3. The molecule has 0 aromatic heterocycles. The van der Waals surface area contributed by atoms with Crippen LogP contribution < -0.4 is 0 Å². The highest BCUT2D eigenvalue weighted by Crippen LogP contribution is 2.46. The highest BCUT2D eigenvalue weighted by atomic mass is 35.5. The minimum absolute atomic E-state index is 0.421. The van der Waals surface area contributed by atoms with Gasteiger partial charge in [-0.25, -0.2) is 0 Å². The number of hydrogen-bond acceptors (Lipinski definition) is 2. The van der Waals surface area contributed by atoms with Gasteiger partial charge in [-0.3, -0.25) is 4.79 Å². The molecule has 0 atom stereocenters. The molecular weight excluding hydrogens is 271 g/mol. The second-order valence-electron chi connectivity index (χ2n) is 5.01. The largest absolute Gasteiger partial charge is 0.386 e. The SMILES string of the molecule is Cc1ccc(C(=O)C(Cl)(Cl)C2(O)CCCC2)cc1. The molecule has 1 aromatic carbocycles. The van der Waals surface area contributed by atoms with E-state index in [4.69, 9.17) is 23.2 Å². The van der Waals surface area contributed by atoms with Crippen molar-refractivity contribution < 1.29 is 9.90 Å². The van der Waals surface area contributed by atoms with E-state index in [1.807, 2.05) is 19.1 Å². The Morgan fingerprint density at radius 2 is 1.72 bits per heavy atom. The summed E-state index contributed by atoms with van der Waals surface area (Å²) >= 11 is 12.3. The fourth-order valence-corrected chi connectivity index (χ4v) is 2.97. The van der Waals surface area contributed by atoms with Gasteiger partial charge in [-0.05, 0) is 19.8 Å². The van der Waals surface area contributed by atoms with Crippen LogP contribution in [0, 0.1) is 6.92 Å². The molecule has 2 nitrogen and oxygen atoms in total. The normalized spacial score (nSPS) is 18.9. The van der Waals surface area contributed by atoms with Crippen LogP contribution in [0.2, 0.25) is 0 Å². The third kappa shape index (κ3) is 2.29. The van der Waals surface area contributed by atoms with E-state index in [9.17, 15) is 9.90 Å². The number of benzene rings is 1. The van der Waals surface area contributed by atoms with Crippen LogP contribution in [0.25, 0.3) is 0 Å². The zero-order valence-corrected chi connectivity index (χ0v) is 11.8. The van der Waals surface area contributed by atoms with Crippen molar-refractivity contribution in [2.45, 2.75) is 42.5 Å². The third-order valence-electron chi connectivity index (χ3n) is 3.61. The van der Waals surface area contributed by atoms with Crippen molar-refractivity contribution in [1.29, 1.82) is 0 Å². The van der Waals surface area contributed by atoms with Gasteiger partial charge in [-0.1, -0.05) is 65.9 Å². The lowest BCUT2D eigenvalue weighted by atomic mass is 9.91. The Bertz CT molecular complexity index is 445. The maximum atomic E-state index is 12.3. The van der Waals surface area contributed by atoms with E-state index in [0.29, 0.717) is 18.4 Å². The Morgan fingerprint density at radius 3 is 2.22 bits per heavy atom. The van der Waals surface area contributed by atoms with Crippen molar-refractivity contribution in [3.63, 3.8) is 0 Å². The van der Waals surface area contributed by atoms with E-state index in [1.165, 1.54) is 0 Å². The molecule has 2 rings (SSSR count). The Morgan fingerprint density at radius 1 is 1.22 bits per heavy atom. The van der Waals surface area contributed by atoms with Crippen LogP contribution in [0.15, 0.2) is 24.3 Å². The van der Waals surface area contributed by atoms with Crippen molar-refractivity contribution in [3.8, 4) is 0 Å². The van der Waals surface area contributed by atoms with Gasteiger partial charge < -0.3 is 5.11 Å². The van der Waals surface area contributed by atoms with Gasteiger partial charge in [0, 0.05) is 5.56 Å². The molecule has 0 radical (unpaired) electrons. The summed E-state index contributed by atoms with van der Waals surface area (Å²) in [4.78, 5) is 12.3. The second kappa shape index (κ2) is 4.84. The molecule has 1 aliphatic carbocycles. The number of aliphatic hydroxyl groups is 1. The first kappa shape index (κ1) is 13.9. The Labute approximate surface area is 117 Å². The van der Waals surface area contributed by atoms with Crippen LogP contribution in [0.1, 0.15) is 41.6 Å². The number of aryl methyl sites for hydroxylation is 1. The van der Waals surface area contributed by atoms with Crippen molar-refractivity contribution >= 4 is 29.0 Å². The molecule has 18 heavy (non-hydrogen) atoms. The number of Topliss-reactive ketones (excluding diaryl/α,β-unsaturated/α-hetero) is 1. The molecule has 0 amide bonds. The molecule has 4 heteroatoms. The Kier molecular flexibility index (Phi) is 3.72. The zero-order valence-electron chi connectivity index (χ0n) is 10.2. The van der Waals surface area contributed by atoms with Crippen molar-refractivity contribution in [2.24, 2.45) is 0 Å². The molecule has 0 spiro atoms. The number of alkyl halides is 2. The summed E-state index contributed by atoms with van der Waals surface area (Å²) in [5.41, 5.74) is 0.185. The first-order valence-electron chi connectivity index (χ1n) is 6.08. The molecule has 1 fully saturated rings. The number of carbonyl (C=O) groups excluding carboxylic acids is 1. The number of ketones is 1. The predicted octanol–water partition coefficient (Wildman–Crippen LogP) is 3.66. The molecule has 1 N–H and O–H groups in total. The van der Waals surface area contributed by atoms with E-state index in [-0.39, 0.29) is 0 Å². The van der Waals surface area contributed by atoms with Crippen LogP contribution in [-0.2, 0) is 0 Å². The van der Waals surface area contributed by atoms with Crippen molar-refractivity contribution in [2.75, 3.05) is 0 Å². The molecule has 1 aliphatic rings. The van der Waals surface area contributed by atoms with Gasteiger partial charge in [-0.2, -0.15) is 0 Å².